The van der Waals surface area contributed by atoms with Crippen LogP contribution in [-0.4, -0.2) is 35.0 Å². The minimum Gasteiger partial charge on any atom is -0.480 e. The van der Waals surface area contributed by atoms with E-state index in [4.69, 9.17) is 16.6 Å². The van der Waals surface area contributed by atoms with Crippen molar-refractivity contribution in [3.63, 3.8) is 0 Å². The molecular formula is C9H17N3O4. The van der Waals surface area contributed by atoms with E-state index in [0.29, 0.717) is 0 Å². The molecule has 0 aromatic carbocycles. The molecular weight excluding hydrogens is 214 g/mol. The van der Waals surface area contributed by atoms with Gasteiger partial charge in [0.15, 0.2) is 11.3 Å². The van der Waals surface area contributed by atoms with Crippen molar-refractivity contribution < 1.29 is 19.5 Å². The van der Waals surface area contributed by atoms with Gasteiger partial charge in [-0.25, -0.2) is 9.59 Å². The molecule has 92 valence electrons. The standard InChI is InChI=1S/C9H17N3O4/c1-2-6(13)9(11,7(14)15)4-3-5-12-8(10)16/h2-5,11H2,1H3,(H,14,15)(H3,10,12,16). The summed E-state index contributed by atoms with van der Waals surface area (Å²) < 4.78 is 0. The van der Waals surface area contributed by atoms with Crippen LogP contribution in [0.1, 0.15) is 26.2 Å². The lowest BCUT2D eigenvalue weighted by atomic mass is 9.88. The number of nitrogens with two attached hydrogens (primary N) is 2. The van der Waals surface area contributed by atoms with E-state index < -0.39 is 23.3 Å². The molecule has 0 aromatic heterocycles. The first-order valence-corrected chi connectivity index (χ1v) is 4.93. The Labute approximate surface area is 93.2 Å². The van der Waals surface area contributed by atoms with E-state index in [2.05, 4.69) is 5.32 Å². The van der Waals surface area contributed by atoms with E-state index in [1.54, 1.807) is 6.92 Å². The first-order valence-electron chi connectivity index (χ1n) is 4.93. The van der Waals surface area contributed by atoms with Crippen LogP contribution in [0.2, 0.25) is 0 Å². The van der Waals surface area contributed by atoms with Crippen molar-refractivity contribution in [2.24, 2.45) is 11.5 Å². The smallest absolute Gasteiger partial charge is 0.331 e. The number of hydrogen-bond donors (Lipinski definition) is 4. The van der Waals surface area contributed by atoms with Crippen molar-refractivity contribution in [3.8, 4) is 0 Å². The average molecular weight is 231 g/mol. The molecule has 6 N–H and O–H groups in total. The number of carboxylic acid groups (broad SMARTS) is 1. The molecule has 0 aliphatic carbocycles. The molecule has 2 amide bonds. The molecule has 1 atom stereocenters. The number of aliphatic carboxylic acids is 1. The van der Waals surface area contributed by atoms with Gasteiger partial charge in [0.1, 0.15) is 0 Å². The Morgan fingerprint density at radius 2 is 1.94 bits per heavy atom. The van der Waals surface area contributed by atoms with Gasteiger partial charge in [0.25, 0.3) is 0 Å². The topological polar surface area (TPSA) is 136 Å². The normalized spacial score (nSPS) is 13.9. The van der Waals surface area contributed by atoms with Gasteiger partial charge in [0, 0.05) is 13.0 Å². The van der Waals surface area contributed by atoms with E-state index in [1.807, 2.05) is 0 Å². The van der Waals surface area contributed by atoms with Gasteiger partial charge in [-0.2, -0.15) is 0 Å². The molecule has 7 heteroatoms. The van der Waals surface area contributed by atoms with E-state index in [0.717, 1.165) is 0 Å². The number of amides is 2. The molecule has 0 saturated carbocycles. The third kappa shape index (κ3) is 3.85. The van der Waals surface area contributed by atoms with Crippen molar-refractivity contribution in [2.45, 2.75) is 31.7 Å². The highest BCUT2D eigenvalue weighted by atomic mass is 16.4. The lowest BCUT2D eigenvalue weighted by molar-refractivity contribution is -0.148. The summed E-state index contributed by atoms with van der Waals surface area (Å²) in [6.07, 6.45) is 0.304. The number of carbonyl (C=O) groups excluding carboxylic acids is 2. The third-order valence-electron chi connectivity index (χ3n) is 2.25. The molecule has 0 rings (SSSR count). The summed E-state index contributed by atoms with van der Waals surface area (Å²) in [6, 6.07) is -0.695. The molecule has 0 saturated heterocycles. The molecule has 0 fully saturated rings. The molecule has 0 bridgehead atoms. The summed E-state index contributed by atoms with van der Waals surface area (Å²) in [6.45, 7) is 1.74. The highest BCUT2D eigenvalue weighted by Crippen LogP contribution is 2.13. The summed E-state index contributed by atoms with van der Waals surface area (Å²) in [5.74, 6) is -1.88. The third-order valence-corrected chi connectivity index (χ3v) is 2.25. The Hall–Kier alpha value is -1.63. The second-order valence-electron chi connectivity index (χ2n) is 3.45. The van der Waals surface area contributed by atoms with E-state index in [-0.39, 0.29) is 25.8 Å². The van der Waals surface area contributed by atoms with Crippen LogP contribution in [-0.2, 0) is 9.59 Å². The summed E-state index contributed by atoms with van der Waals surface area (Å²) >= 11 is 0. The monoisotopic (exact) mass is 231 g/mol. The number of urea groups is 1. The largest absolute Gasteiger partial charge is 0.480 e. The summed E-state index contributed by atoms with van der Waals surface area (Å²) in [5, 5.41) is 11.2. The van der Waals surface area contributed by atoms with Crippen molar-refractivity contribution in [1.29, 1.82) is 0 Å². The molecule has 16 heavy (non-hydrogen) atoms. The van der Waals surface area contributed by atoms with E-state index >= 15 is 0 Å². The van der Waals surface area contributed by atoms with Gasteiger partial charge in [-0.05, 0) is 12.8 Å². The van der Waals surface area contributed by atoms with Crippen LogP contribution in [0.3, 0.4) is 0 Å². The molecule has 0 aliphatic rings. The maximum atomic E-state index is 11.4. The Balaban J connectivity index is 4.30. The van der Waals surface area contributed by atoms with Gasteiger partial charge >= 0.3 is 12.0 Å². The van der Waals surface area contributed by atoms with Crippen LogP contribution >= 0.6 is 0 Å². The van der Waals surface area contributed by atoms with Crippen LogP contribution in [0.15, 0.2) is 0 Å². The van der Waals surface area contributed by atoms with Gasteiger partial charge in [-0.1, -0.05) is 6.92 Å². The van der Waals surface area contributed by atoms with Crippen molar-refractivity contribution in [2.75, 3.05) is 6.54 Å². The number of ketones is 1. The number of hydrogen-bond acceptors (Lipinski definition) is 4. The maximum absolute atomic E-state index is 11.4. The molecule has 0 radical (unpaired) electrons. The molecule has 0 heterocycles. The maximum Gasteiger partial charge on any atom is 0.331 e. The molecule has 0 spiro atoms. The van der Waals surface area contributed by atoms with E-state index in [1.165, 1.54) is 0 Å². The fraction of sp³-hybridized carbons (Fsp3) is 0.667. The lowest BCUT2D eigenvalue weighted by Gasteiger charge is -2.22. The fourth-order valence-electron chi connectivity index (χ4n) is 1.26. The first kappa shape index (κ1) is 14.4. The molecule has 7 nitrogen and oxygen atoms in total. The van der Waals surface area contributed by atoms with Crippen LogP contribution < -0.4 is 16.8 Å². The fourth-order valence-corrected chi connectivity index (χ4v) is 1.26. The zero-order valence-corrected chi connectivity index (χ0v) is 9.16. The van der Waals surface area contributed by atoms with Crippen LogP contribution in [0.25, 0.3) is 0 Å². The van der Waals surface area contributed by atoms with Crippen molar-refractivity contribution in [3.05, 3.63) is 0 Å². The highest BCUT2D eigenvalue weighted by molar-refractivity contribution is 6.07. The highest BCUT2D eigenvalue weighted by Gasteiger charge is 2.39. The number of primary amides is 1. The number of carboxylic acids is 1. The SMILES string of the molecule is CCC(=O)C(N)(CCCNC(N)=O)C(=O)O. The average Bonchev–Trinajstić information content (AvgIpc) is 2.22. The summed E-state index contributed by atoms with van der Waals surface area (Å²) in [7, 11) is 0. The van der Waals surface area contributed by atoms with E-state index in [9.17, 15) is 14.4 Å². The van der Waals surface area contributed by atoms with Crippen molar-refractivity contribution in [1.82, 2.24) is 5.32 Å². The van der Waals surface area contributed by atoms with Crippen LogP contribution in [0, 0.1) is 0 Å². The van der Waals surface area contributed by atoms with Gasteiger partial charge in [-0.15, -0.1) is 0 Å². The molecule has 0 aromatic rings. The molecule has 1 unspecified atom stereocenters. The van der Waals surface area contributed by atoms with Gasteiger partial charge in [0.05, 0.1) is 0 Å². The number of carbonyl (C=O) groups is 3. The van der Waals surface area contributed by atoms with Crippen LogP contribution in [0.5, 0.6) is 0 Å². The Kier molecular flexibility index (Phi) is 5.44. The summed E-state index contributed by atoms with van der Waals surface area (Å²) in [4.78, 5) is 32.6. The second kappa shape index (κ2) is 6.06. The van der Waals surface area contributed by atoms with Gasteiger partial charge in [0.2, 0.25) is 0 Å². The summed E-state index contributed by atoms with van der Waals surface area (Å²) in [5.41, 5.74) is 8.48. The van der Waals surface area contributed by atoms with Gasteiger partial charge < -0.3 is 21.9 Å². The zero-order valence-electron chi connectivity index (χ0n) is 9.16. The number of rotatable bonds is 7. The minimum absolute atomic E-state index is 0.0325. The number of Topliss-reactive ketones (excluding diaryl/α,β-unsaturated/α-hetero) is 1. The number of nitrogens with one attached hydrogen (secondary N) is 1. The quantitative estimate of drug-likeness (QED) is 0.336. The lowest BCUT2D eigenvalue weighted by Crippen LogP contribution is -2.55. The Morgan fingerprint density at radius 1 is 1.38 bits per heavy atom. The van der Waals surface area contributed by atoms with Crippen LogP contribution in [0.4, 0.5) is 4.79 Å². The van der Waals surface area contributed by atoms with Crippen molar-refractivity contribution >= 4 is 17.8 Å². The zero-order chi connectivity index (χ0) is 12.8. The Bertz CT molecular complexity index is 292. The molecule has 0 aliphatic heterocycles. The second-order valence-corrected chi connectivity index (χ2v) is 3.45. The predicted molar refractivity (Wildman–Crippen MR) is 56.7 cm³/mol. The predicted octanol–water partition coefficient (Wildman–Crippen LogP) is -0.804. The first-order chi connectivity index (χ1) is 7.34. The minimum atomic E-state index is -1.87. The Morgan fingerprint density at radius 3 is 2.31 bits per heavy atom. The van der Waals surface area contributed by atoms with Gasteiger partial charge in [-0.3, -0.25) is 4.79 Å².